The van der Waals surface area contributed by atoms with Gasteiger partial charge in [0.15, 0.2) is 0 Å². The van der Waals surface area contributed by atoms with E-state index in [1.54, 1.807) is 0 Å². The molecule has 120 valence electrons. The predicted molar refractivity (Wildman–Crippen MR) is 53.0 cm³/mol. The van der Waals surface area contributed by atoms with Crippen LogP contribution in [0.3, 0.4) is 0 Å². The molecule has 0 amide bonds. The second-order valence-corrected chi connectivity index (χ2v) is 4.27. The van der Waals surface area contributed by atoms with Crippen LogP contribution >= 0.6 is 0 Å². The Morgan fingerprint density at radius 1 is 1.10 bits per heavy atom. The monoisotopic (exact) mass is 312 g/mol. The van der Waals surface area contributed by atoms with Crippen LogP contribution < -0.4 is 0 Å². The highest BCUT2D eigenvalue weighted by Crippen LogP contribution is 2.39. The lowest BCUT2D eigenvalue weighted by Crippen LogP contribution is -2.58. The van der Waals surface area contributed by atoms with E-state index in [0.29, 0.717) is 0 Å². The Labute approximate surface area is 110 Å². The highest BCUT2D eigenvalue weighted by molar-refractivity contribution is 4.94. The lowest BCUT2D eigenvalue weighted by molar-refractivity contribution is -0.350. The average Bonchev–Trinajstić information content (AvgIpc) is 2.26. The van der Waals surface area contributed by atoms with Gasteiger partial charge < -0.3 is 19.3 Å². The number of methoxy groups -OCH3 is 1. The Morgan fingerprint density at radius 3 is 2.05 bits per heavy atom. The molecule has 0 aromatic rings. The molecule has 0 aromatic heterocycles. The third-order valence-electron chi connectivity index (χ3n) is 2.72. The van der Waals surface area contributed by atoms with Gasteiger partial charge in [-0.05, 0) is 0 Å². The molecule has 1 N–H and O–H groups in total. The molecule has 0 aliphatic heterocycles. The first kappa shape index (κ1) is 17.5. The van der Waals surface area contributed by atoms with Crippen LogP contribution in [0.4, 0.5) is 26.3 Å². The molecular weight excluding hydrogens is 298 g/mol. The van der Waals surface area contributed by atoms with E-state index in [1.807, 2.05) is 0 Å². The fourth-order valence-electron chi connectivity index (χ4n) is 1.69. The first-order chi connectivity index (χ1) is 9.07. The Balaban J connectivity index is 2.60. The van der Waals surface area contributed by atoms with Crippen LogP contribution in [-0.4, -0.2) is 62.2 Å². The standard InChI is InChI=1S/C10H14F6O4/c1-18-2-3-19-7-5(17)4-6(7)20-8(9(11,12)13)10(14,15)16/h5-8,17H,2-4H2,1H3. The molecule has 1 rings (SSSR count). The molecule has 4 nitrogen and oxygen atoms in total. The summed E-state index contributed by atoms with van der Waals surface area (Å²) in [5.74, 6) is 0. The van der Waals surface area contributed by atoms with Crippen LogP contribution in [0.25, 0.3) is 0 Å². The van der Waals surface area contributed by atoms with E-state index < -0.39 is 36.8 Å². The van der Waals surface area contributed by atoms with Crippen molar-refractivity contribution < 1.29 is 45.7 Å². The predicted octanol–water partition coefficient (Wildman–Crippen LogP) is 1.66. The van der Waals surface area contributed by atoms with Crippen LogP contribution in [0.2, 0.25) is 0 Å². The SMILES string of the molecule is COCCOC1C(O)CC1OC(C(F)(F)F)C(F)(F)F. The average molecular weight is 312 g/mol. The van der Waals surface area contributed by atoms with Crippen LogP contribution in [0.15, 0.2) is 0 Å². The zero-order valence-electron chi connectivity index (χ0n) is 10.4. The van der Waals surface area contributed by atoms with Gasteiger partial charge in [0.2, 0.25) is 6.10 Å². The molecule has 0 radical (unpaired) electrons. The minimum Gasteiger partial charge on any atom is -0.390 e. The molecule has 1 saturated carbocycles. The smallest absolute Gasteiger partial charge is 0.390 e. The van der Waals surface area contributed by atoms with E-state index >= 15 is 0 Å². The number of halogens is 6. The normalized spacial score (nSPS) is 27.8. The van der Waals surface area contributed by atoms with Gasteiger partial charge in [-0.25, -0.2) is 0 Å². The lowest BCUT2D eigenvalue weighted by Gasteiger charge is -2.42. The molecule has 1 aliphatic rings. The molecule has 0 spiro atoms. The van der Waals surface area contributed by atoms with Gasteiger partial charge in [-0.1, -0.05) is 0 Å². The van der Waals surface area contributed by atoms with Crippen molar-refractivity contribution in [3.05, 3.63) is 0 Å². The maximum Gasteiger partial charge on any atom is 0.423 e. The lowest BCUT2D eigenvalue weighted by atomic mass is 9.88. The van der Waals surface area contributed by atoms with Crippen molar-refractivity contribution in [2.45, 2.75) is 43.2 Å². The maximum absolute atomic E-state index is 12.3. The molecule has 3 atom stereocenters. The van der Waals surface area contributed by atoms with Gasteiger partial charge >= 0.3 is 12.4 Å². The molecule has 1 fully saturated rings. The molecule has 1 aliphatic carbocycles. The molecule has 3 unspecified atom stereocenters. The number of ether oxygens (including phenoxy) is 3. The Bertz CT molecular complexity index is 291. The summed E-state index contributed by atoms with van der Waals surface area (Å²) in [6.07, 6.45) is -19.2. The van der Waals surface area contributed by atoms with E-state index in [1.165, 1.54) is 7.11 Å². The molecule has 0 bridgehead atoms. The molecular formula is C10H14F6O4. The van der Waals surface area contributed by atoms with Gasteiger partial charge in [0.1, 0.15) is 6.10 Å². The second-order valence-electron chi connectivity index (χ2n) is 4.27. The van der Waals surface area contributed by atoms with E-state index in [0.717, 1.165) is 0 Å². The third-order valence-corrected chi connectivity index (χ3v) is 2.72. The second kappa shape index (κ2) is 6.46. The maximum atomic E-state index is 12.3. The first-order valence-electron chi connectivity index (χ1n) is 5.65. The zero-order valence-corrected chi connectivity index (χ0v) is 10.4. The first-order valence-corrected chi connectivity index (χ1v) is 5.65. The summed E-state index contributed by atoms with van der Waals surface area (Å²) < 4.78 is 87.4. The summed E-state index contributed by atoms with van der Waals surface area (Å²) in [4.78, 5) is 0. The van der Waals surface area contributed by atoms with Gasteiger partial charge in [-0.3, -0.25) is 0 Å². The molecule has 10 heteroatoms. The van der Waals surface area contributed by atoms with Crippen LogP contribution in [0.1, 0.15) is 6.42 Å². The minimum atomic E-state index is -5.57. The van der Waals surface area contributed by atoms with Gasteiger partial charge in [0, 0.05) is 13.5 Å². The minimum absolute atomic E-state index is 0.0687. The van der Waals surface area contributed by atoms with E-state index in [2.05, 4.69) is 9.47 Å². The van der Waals surface area contributed by atoms with Crippen molar-refractivity contribution in [1.82, 2.24) is 0 Å². The summed E-state index contributed by atoms with van der Waals surface area (Å²) in [5, 5.41) is 9.29. The van der Waals surface area contributed by atoms with Crippen molar-refractivity contribution >= 4 is 0 Å². The molecule has 0 heterocycles. The van der Waals surface area contributed by atoms with Crippen molar-refractivity contribution in [1.29, 1.82) is 0 Å². The fourth-order valence-corrected chi connectivity index (χ4v) is 1.69. The van der Waals surface area contributed by atoms with Gasteiger partial charge in [-0.15, -0.1) is 0 Å². The zero-order chi connectivity index (χ0) is 15.6. The largest absolute Gasteiger partial charge is 0.423 e. The van der Waals surface area contributed by atoms with Crippen molar-refractivity contribution in [3.8, 4) is 0 Å². The van der Waals surface area contributed by atoms with E-state index in [9.17, 15) is 31.4 Å². The van der Waals surface area contributed by atoms with E-state index in [-0.39, 0.29) is 19.6 Å². The van der Waals surface area contributed by atoms with Gasteiger partial charge in [0.25, 0.3) is 0 Å². The number of alkyl halides is 6. The highest BCUT2D eigenvalue weighted by Gasteiger charge is 2.60. The quantitative estimate of drug-likeness (QED) is 0.599. The summed E-state index contributed by atoms with van der Waals surface area (Å²) in [6, 6.07) is 0. The van der Waals surface area contributed by atoms with Crippen LogP contribution in [0, 0.1) is 0 Å². The summed E-state index contributed by atoms with van der Waals surface area (Å²) >= 11 is 0. The van der Waals surface area contributed by atoms with Crippen molar-refractivity contribution in [2.24, 2.45) is 0 Å². The Kier molecular flexibility index (Phi) is 5.64. The number of aliphatic hydroxyl groups is 1. The molecule has 0 saturated heterocycles. The number of hydrogen-bond donors (Lipinski definition) is 1. The summed E-state index contributed by atoms with van der Waals surface area (Å²) in [5.41, 5.74) is 0. The Morgan fingerprint density at radius 2 is 1.65 bits per heavy atom. The number of rotatable bonds is 6. The third kappa shape index (κ3) is 4.47. The van der Waals surface area contributed by atoms with Crippen LogP contribution in [-0.2, 0) is 14.2 Å². The van der Waals surface area contributed by atoms with Crippen molar-refractivity contribution in [3.63, 3.8) is 0 Å². The molecule has 20 heavy (non-hydrogen) atoms. The van der Waals surface area contributed by atoms with Crippen LogP contribution in [0.5, 0.6) is 0 Å². The Hall–Kier alpha value is -0.580. The number of hydrogen-bond acceptors (Lipinski definition) is 4. The van der Waals surface area contributed by atoms with Crippen molar-refractivity contribution in [2.75, 3.05) is 20.3 Å². The van der Waals surface area contributed by atoms with E-state index in [4.69, 9.17) is 4.74 Å². The highest BCUT2D eigenvalue weighted by atomic mass is 19.4. The number of aliphatic hydroxyl groups excluding tert-OH is 1. The molecule has 0 aromatic carbocycles. The fraction of sp³-hybridized carbons (Fsp3) is 1.00. The summed E-state index contributed by atoms with van der Waals surface area (Å²) in [6.45, 7) is 0.0265. The summed E-state index contributed by atoms with van der Waals surface area (Å²) in [7, 11) is 1.35. The topological polar surface area (TPSA) is 47.9 Å². The van der Waals surface area contributed by atoms with Gasteiger partial charge in [-0.2, -0.15) is 26.3 Å². The van der Waals surface area contributed by atoms with Gasteiger partial charge in [0.05, 0.1) is 25.4 Å².